The molecule has 2 aromatic heterocycles. The van der Waals surface area contributed by atoms with Crippen molar-refractivity contribution >= 4 is 15.7 Å². The maximum atomic E-state index is 12.2. The summed E-state index contributed by atoms with van der Waals surface area (Å²) in [6.45, 7) is 0.755. The molecule has 0 saturated carbocycles. The predicted octanol–water partition coefficient (Wildman–Crippen LogP) is 0.930. The van der Waals surface area contributed by atoms with Crippen LogP contribution in [0.3, 0.4) is 0 Å². The number of hydrogen-bond donors (Lipinski definition) is 0. The number of sulfonamides is 1. The first kappa shape index (κ1) is 15.2. The van der Waals surface area contributed by atoms with Crippen LogP contribution in [0.25, 0.3) is 5.69 Å². The van der Waals surface area contributed by atoms with Gasteiger partial charge in [0.1, 0.15) is 12.7 Å². The number of rotatable bonds is 6. The maximum Gasteiger partial charge on any atom is 0.232 e. The van der Waals surface area contributed by atoms with E-state index in [-0.39, 0.29) is 0 Å². The van der Waals surface area contributed by atoms with E-state index in [1.165, 1.54) is 10.6 Å². The molecule has 0 aliphatic carbocycles. The summed E-state index contributed by atoms with van der Waals surface area (Å²) in [5.41, 5.74) is 1.39. The van der Waals surface area contributed by atoms with Crippen LogP contribution >= 0.6 is 0 Å². The highest BCUT2D eigenvalue weighted by Crippen LogP contribution is 2.21. The molecular formula is C14H16N6O2S. The summed E-state index contributed by atoms with van der Waals surface area (Å²) in [7, 11) is -3.41. The fourth-order valence-corrected chi connectivity index (χ4v) is 3.15. The second-order valence-electron chi connectivity index (χ2n) is 5.01. The van der Waals surface area contributed by atoms with Gasteiger partial charge in [-0.25, -0.2) is 13.1 Å². The molecular weight excluding hydrogens is 316 g/mol. The molecule has 0 bridgehead atoms. The van der Waals surface area contributed by atoms with Crippen LogP contribution in [-0.2, 0) is 16.6 Å². The molecule has 0 atom stereocenters. The first-order valence-corrected chi connectivity index (χ1v) is 8.79. The van der Waals surface area contributed by atoms with Crippen LogP contribution in [-0.4, -0.2) is 45.8 Å². The van der Waals surface area contributed by atoms with E-state index in [4.69, 9.17) is 0 Å². The smallest absolute Gasteiger partial charge is 0.232 e. The molecule has 0 N–H and O–H groups in total. The van der Waals surface area contributed by atoms with Crippen molar-refractivity contribution < 1.29 is 8.42 Å². The SMILES string of the molecule is CS(=O)(=O)N(CCn1cnnc1)c1cccc(-n2cccn2)c1. The van der Waals surface area contributed by atoms with Crippen LogP contribution in [0.1, 0.15) is 0 Å². The topological polar surface area (TPSA) is 85.9 Å². The molecule has 0 aliphatic heterocycles. The fourth-order valence-electron chi connectivity index (χ4n) is 2.24. The highest BCUT2D eigenvalue weighted by molar-refractivity contribution is 7.92. The Kier molecular flexibility index (Phi) is 4.11. The van der Waals surface area contributed by atoms with Crippen LogP contribution in [0.4, 0.5) is 5.69 Å². The Hall–Kier alpha value is -2.68. The minimum atomic E-state index is -3.41. The van der Waals surface area contributed by atoms with Crippen molar-refractivity contribution in [2.75, 3.05) is 17.1 Å². The molecule has 2 heterocycles. The van der Waals surface area contributed by atoms with Gasteiger partial charge in [0.15, 0.2) is 0 Å². The summed E-state index contributed by atoms with van der Waals surface area (Å²) in [6.07, 6.45) is 7.79. The number of aromatic nitrogens is 5. The Morgan fingerprint density at radius 3 is 2.61 bits per heavy atom. The highest BCUT2D eigenvalue weighted by atomic mass is 32.2. The van der Waals surface area contributed by atoms with E-state index in [2.05, 4.69) is 15.3 Å². The lowest BCUT2D eigenvalue weighted by Crippen LogP contribution is -2.33. The van der Waals surface area contributed by atoms with E-state index in [1.54, 1.807) is 46.4 Å². The molecule has 3 rings (SSSR count). The Labute approximate surface area is 134 Å². The van der Waals surface area contributed by atoms with Crippen LogP contribution in [0.15, 0.2) is 55.4 Å². The molecule has 3 aromatic rings. The Morgan fingerprint density at radius 1 is 1.17 bits per heavy atom. The van der Waals surface area contributed by atoms with E-state index < -0.39 is 10.0 Å². The van der Waals surface area contributed by atoms with Crippen LogP contribution < -0.4 is 4.31 Å². The van der Waals surface area contributed by atoms with E-state index in [1.807, 2.05) is 18.2 Å². The molecule has 9 heteroatoms. The lowest BCUT2D eigenvalue weighted by molar-refractivity contribution is 0.591. The molecule has 0 spiro atoms. The zero-order valence-electron chi connectivity index (χ0n) is 12.5. The molecule has 0 aliphatic rings. The van der Waals surface area contributed by atoms with Gasteiger partial charge >= 0.3 is 0 Å². The summed E-state index contributed by atoms with van der Waals surface area (Å²) in [5, 5.41) is 11.6. The summed E-state index contributed by atoms with van der Waals surface area (Å²) in [6, 6.07) is 9.05. The molecule has 8 nitrogen and oxygen atoms in total. The van der Waals surface area contributed by atoms with Crippen molar-refractivity contribution in [2.24, 2.45) is 0 Å². The number of hydrogen-bond acceptors (Lipinski definition) is 5. The van der Waals surface area contributed by atoms with Crippen LogP contribution in [0, 0.1) is 0 Å². The van der Waals surface area contributed by atoms with Gasteiger partial charge in [-0.1, -0.05) is 6.07 Å². The van der Waals surface area contributed by atoms with Gasteiger partial charge in [0, 0.05) is 18.9 Å². The normalized spacial score (nSPS) is 11.5. The van der Waals surface area contributed by atoms with Gasteiger partial charge in [-0.3, -0.25) is 4.31 Å². The molecule has 23 heavy (non-hydrogen) atoms. The molecule has 0 saturated heterocycles. The zero-order chi connectivity index (χ0) is 16.3. The quantitative estimate of drug-likeness (QED) is 0.670. The fraction of sp³-hybridized carbons (Fsp3) is 0.214. The van der Waals surface area contributed by atoms with E-state index in [0.717, 1.165) is 5.69 Å². The molecule has 0 fully saturated rings. The van der Waals surface area contributed by atoms with E-state index in [0.29, 0.717) is 18.8 Å². The largest absolute Gasteiger partial charge is 0.318 e. The van der Waals surface area contributed by atoms with Crippen molar-refractivity contribution in [2.45, 2.75) is 6.54 Å². The maximum absolute atomic E-state index is 12.2. The lowest BCUT2D eigenvalue weighted by Gasteiger charge is -2.23. The zero-order valence-corrected chi connectivity index (χ0v) is 13.3. The predicted molar refractivity (Wildman–Crippen MR) is 85.8 cm³/mol. The van der Waals surface area contributed by atoms with Crippen LogP contribution in [0.5, 0.6) is 0 Å². The second kappa shape index (κ2) is 6.21. The summed E-state index contributed by atoms with van der Waals surface area (Å²) < 4.78 is 29.1. The Morgan fingerprint density at radius 2 is 1.96 bits per heavy atom. The first-order chi connectivity index (χ1) is 11.0. The van der Waals surface area contributed by atoms with Gasteiger partial charge in [-0.2, -0.15) is 5.10 Å². The highest BCUT2D eigenvalue weighted by Gasteiger charge is 2.18. The van der Waals surface area contributed by atoms with E-state index in [9.17, 15) is 8.42 Å². The average Bonchev–Trinajstić information content (AvgIpc) is 3.20. The first-order valence-electron chi connectivity index (χ1n) is 6.94. The second-order valence-corrected chi connectivity index (χ2v) is 6.91. The molecule has 1 aromatic carbocycles. The third kappa shape index (κ3) is 3.57. The van der Waals surface area contributed by atoms with Gasteiger partial charge in [0.2, 0.25) is 10.0 Å². The van der Waals surface area contributed by atoms with Crippen molar-refractivity contribution in [1.29, 1.82) is 0 Å². The van der Waals surface area contributed by atoms with Crippen molar-refractivity contribution in [3.8, 4) is 5.69 Å². The van der Waals surface area contributed by atoms with Crippen LogP contribution in [0.2, 0.25) is 0 Å². The minimum Gasteiger partial charge on any atom is -0.318 e. The summed E-state index contributed by atoms with van der Waals surface area (Å²) >= 11 is 0. The van der Waals surface area contributed by atoms with Gasteiger partial charge in [0.05, 0.1) is 24.2 Å². The third-order valence-corrected chi connectivity index (χ3v) is 4.51. The standard InChI is InChI=1S/C14H16N6O2S/c1-23(21,22)20(9-8-18-11-15-16-12-18)14-5-2-4-13(10-14)19-7-3-6-17-19/h2-7,10-12H,8-9H2,1H3. The van der Waals surface area contributed by atoms with Gasteiger partial charge in [0.25, 0.3) is 0 Å². The Balaban J connectivity index is 1.89. The third-order valence-electron chi connectivity index (χ3n) is 3.31. The molecule has 120 valence electrons. The van der Waals surface area contributed by atoms with Crippen molar-refractivity contribution in [3.63, 3.8) is 0 Å². The van der Waals surface area contributed by atoms with E-state index >= 15 is 0 Å². The lowest BCUT2D eigenvalue weighted by atomic mass is 10.3. The van der Waals surface area contributed by atoms with Gasteiger partial charge in [-0.15, -0.1) is 10.2 Å². The minimum absolute atomic E-state index is 0.291. The number of anilines is 1. The molecule has 0 radical (unpaired) electrons. The molecule has 0 amide bonds. The monoisotopic (exact) mass is 332 g/mol. The van der Waals surface area contributed by atoms with Crippen molar-refractivity contribution in [1.82, 2.24) is 24.5 Å². The average molecular weight is 332 g/mol. The number of nitrogens with zero attached hydrogens (tertiary/aromatic N) is 6. The van der Waals surface area contributed by atoms with Crippen molar-refractivity contribution in [3.05, 3.63) is 55.4 Å². The molecule has 0 unspecified atom stereocenters. The summed E-state index contributed by atoms with van der Waals surface area (Å²) in [5.74, 6) is 0. The Bertz CT molecular complexity index is 859. The number of benzene rings is 1. The van der Waals surface area contributed by atoms with Gasteiger partial charge < -0.3 is 4.57 Å². The van der Waals surface area contributed by atoms with Gasteiger partial charge in [-0.05, 0) is 24.3 Å². The summed E-state index contributed by atoms with van der Waals surface area (Å²) in [4.78, 5) is 0.